The van der Waals surface area contributed by atoms with Gasteiger partial charge in [0.25, 0.3) is 6.47 Å². The first-order valence-corrected chi connectivity index (χ1v) is 8.70. The molecule has 1 aromatic rings. The van der Waals surface area contributed by atoms with Crippen LogP contribution in [0.5, 0.6) is 11.5 Å². The summed E-state index contributed by atoms with van der Waals surface area (Å²) in [5, 5.41) is 0. The first kappa shape index (κ1) is 18.5. The predicted octanol–water partition coefficient (Wildman–Crippen LogP) is 5.52. The van der Waals surface area contributed by atoms with Crippen molar-refractivity contribution in [3.8, 4) is 11.5 Å². The standard InChI is InChI=1S/C19H30O3/c1-2-3-4-5-6-7-8-9-10-11-16-21-18-12-14-19(15-13-18)22-17-20/h12-15,17H,2-11,16H2,1H3. The molecule has 0 bridgehead atoms. The highest BCUT2D eigenvalue weighted by Gasteiger charge is 1.97. The van der Waals surface area contributed by atoms with Crippen molar-refractivity contribution in [3.63, 3.8) is 0 Å². The molecule has 0 heterocycles. The van der Waals surface area contributed by atoms with Gasteiger partial charge in [-0.2, -0.15) is 0 Å². The zero-order chi connectivity index (χ0) is 15.9. The number of hydrogen-bond donors (Lipinski definition) is 0. The summed E-state index contributed by atoms with van der Waals surface area (Å²) in [5.74, 6) is 1.37. The van der Waals surface area contributed by atoms with E-state index in [1.165, 1.54) is 57.8 Å². The van der Waals surface area contributed by atoms with Gasteiger partial charge in [-0.05, 0) is 30.7 Å². The Balaban J connectivity index is 1.91. The van der Waals surface area contributed by atoms with Gasteiger partial charge in [-0.15, -0.1) is 0 Å². The molecule has 0 saturated carbocycles. The van der Waals surface area contributed by atoms with Crippen LogP contribution in [0, 0.1) is 0 Å². The lowest BCUT2D eigenvalue weighted by Gasteiger charge is -2.06. The third-order valence-corrected chi connectivity index (χ3v) is 3.77. The van der Waals surface area contributed by atoms with Gasteiger partial charge in [-0.1, -0.05) is 64.7 Å². The van der Waals surface area contributed by atoms with E-state index in [4.69, 9.17) is 9.47 Å². The topological polar surface area (TPSA) is 35.5 Å². The summed E-state index contributed by atoms with van der Waals surface area (Å²) in [6.07, 6.45) is 13.3. The summed E-state index contributed by atoms with van der Waals surface area (Å²) < 4.78 is 10.4. The number of ether oxygens (including phenoxy) is 2. The number of rotatable bonds is 14. The molecule has 3 heteroatoms. The molecule has 0 fully saturated rings. The summed E-state index contributed by atoms with van der Waals surface area (Å²) >= 11 is 0. The first-order chi connectivity index (χ1) is 10.9. The Labute approximate surface area is 135 Å². The number of carbonyl (C=O) groups excluding carboxylic acids is 1. The Morgan fingerprint density at radius 3 is 1.82 bits per heavy atom. The van der Waals surface area contributed by atoms with Crippen molar-refractivity contribution in [1.82, 2.24) is 0 Å². The Kier molecular flexibility index (Phi) is 11.1. The summed E-state index contributed by atoms with van der Waals surface area (Å²) in [6.45, 7) is 3.44. The van der Waals surface area contributed by atoms with E-state index < -0.39 is 0 Å². The van der Waals surface area contributed by atoms with Crippen LogP contribution in [0.4, 0.5) is 0 Å². The maximum Gasteiger partial charge on any atom is 0.298 e. The third kappa shape index (κ3) is 9.43. The van der Waals surface area contributed by atoms with Gasteiger partial charge in [0.1, 0.15) is 11.5 Å². The average molecular weight is 306 g/mol. The minimum Gasteiger partial charge on any atom is -0.494 e. The molecule has 0 saturated heterocycles. The van der Waals surface area contributed by atoms with Crippen LogP contribution in [-0.2, 0) is 4.79 Å². The average Bonchev–Trinajstić information content (AvgIpc) is 2.54. The summed E-state index contributed by atoms with van der Waals surface area (Å²) in [5.41, 5.74) is 0. The second-order valence-electron chi connectivity index (χ2n) is 5.72. The zero-order valence-corrected chi connectivity index (χ0v) is 13.9. The van der Waals surface area contributed by atoms with E-state index in [0.717, 1.165) is 18.8 Å². The lowest BCUT2D eigenvalue weighted by atomic mass is 10.1. The van der Waals surface area contributed by atoms with Gasteiger partial charge in [0, 0.05) is 0 Å². The van der Waals surface area contributed by atoms with Crippen LogP contribution in [0.3, 0.4) is 0 Å². The molecule has 0 aliphatic carbocycles. The first-order valence-electron chi connectivity index (χ1n) is 8.70. The molecule has 22 heavy (non-hydrogen) atoms. The molecule has 1 aromatic carbocycles. The molecule has 1 rings (SSSR count). The van der Waals surface area contributed by atoms with E-state index in [0.29, 0.717) is 12.2 Å². The van der Waals surface area contributed by atoms with Gasteiger partial charge in [0.15, 0.2) is 0 Å². The maximum atomic E-state index is 10.2. The quantitative estimate of drug-likeness (QED) is 0.335. The van der Waals surface area contributed by atoms with Gasteiger partial charge >= 0.3 is 0 Å². The molecule has 0 aromatic heterocycles. The van der Waals surface area contributed by atoms with Crippen LogP contribution in [0.1, 0.15) is 71.1 Å². The van der Waals surface area contributed by atoms with Crippen molar-refractivity contribution >= 4 is 6.47 Å². The minimum atomic E-state index is 0.430. The van der Waals surface area contributed by atoms with Crippen molar-refractivity contribution in [1.29, 1.82) is 0 Å². The fourth-order valence-corrected chi connectivity index (χ4v) is 2.45. The van der Waals surface area contributed by atoms with Crippen molar-refractivity contribution in [2.45, 2.75) is 71.1 Å². The molecule has 0 radical (unpaired) electrons. The number of carbonyl (C=O) groups is 1. The molecule has 124 valence electrons. The van der Waals surface area contributed by atoms with Crippen LogP contribution in [0.25, 0.3) is 0 Å². The van der Waals surface area contributed by atoms with Crippen LogP contribution in [0.2, 0.25) is 0 Å². The van der Waals surface area contributed by atoms with Gasteiger partial charge in [0.2, 0.25) is 0 Å². The zero-order valence-electron chi connectivity index (χ0n) is 13.9. The highest BCUT2D eigenvalue weighted by atomic mass is 16.5. The number of unbranched alkanes of at least 4 members (excludes halogenated alkanes) is 9. The predicted molar refractivity (Wildman–Crippen MR) is 90.5 cm³/mol. The highest BCUT2D eigenvalue weighted by molar-refractivity contribution is 5.45. The van der Waals surface area contributed by atoms with Crippen LogP contribution in [0.15, 0.2) is 24.3 Å². The van der Waals surface area contributed by atoms with Gasteiger partial charge in [-0.25, -0.2) is 0 Å². The molecule has 0 atom stereocenters. The Morgan fingerprint density at radius 2 is 1.27 bits per heavy atom. The lowest BCUT2D eigenvalue weighted by molar-refractivity contribution is -0.120. The summed E-state index contributed by atoms with van der Waals surface area (Å²) in [6, 6.07) is 7.13. The van der Waals surface area contributed by atoms with Gasteiger partial charge < -0.3 is 9.47 Å². The Morgan fingerprint density at radius 1 is 0.773 bits per heavy atom. The summed E-state index contributed by atoms with van der Waals surface area (Å²) in [7, 11) is 0. The molecule has 0 aliphatic heterocycles. The van der Waals surface area contributed by atoms with E-state index >= 15 is 0 Å². The Bertz CT molecular complexity index is 373. The second-order valence-corrected chi connectivity index (χ2v) is 5.72. The van der Waals surface area contributed by atoms with Crippen molar-refractivity contribution < 1.29 is 14.3 Å². The molecular formula is C19H30O3. The smallest absolute Gasteiger partial charge is 0.298 e. The fourth-order valence-electron chi connectivity index (χ4n) is 2.45. The van der Waals surface area contributed by atoms with Crippen molar-refractivity contribution in [2.75, 3.05) is 6.61 Å². The minimum absolute atomic E-state index is 0.430. The van der Waals surface area contributed by atoms with Crippen molar-refractivity contribution in [3.05, 3.63) is 24.3 Å². The molecule has 0 spiro atoms. The van der Waals surface area contributed by atoms with Crippen LogP contribution < -0.4 is 9.47 Å². The molecule has 0 amide bonds. The maximum absolute atomic E-state index is 10.2. The normalized spacial score (nSPS) is 10.4. The molecule has 0 N–H and O–H groups in total. The fraction of sp³-hybridized carbons (Fsp3) is 0.632. The SMILES string of the molecule is CCCCCCCCCCCCOc1ccc(OC=O)cc1. The van der Waals surface area contributed by atoms with Gasteiger partial charge in [-0.3, -0.25) is 4.79 Å². The Hall–Kier alpha value is -1.51. The van der Waals surface area contributed by atoms with Crippen molar-refractivity contribution in [2.24, 2.45) is 0 Å². The summed E-state index contributed by atoms with van der Waals surface area (Å²) in [4.78, 5) is 10.2. The largest absolute Gasteiger partial charge is 0.494 e. The molecule has 3 nitrogen and oxygen atoms in total. The lowest BCUT2D eigenvalue weighted by Crippen LogP contribution is -1.97. The number of hydrogen-bond acceptors (Lipinski definition) is 3. The van der Waals surface area contributed by atoms with Gasteiger partial charge in [0.05, 0.1) is 6.61 Å². The second kappa shape index (κ2) is 13.2. The van der Waals surface area contributed by atoms with E-state index in [9.17, 15) is 4.79 Å². The van der Waals surface area contributed by atoms with Crippen LogP contribution in [-0.4, -0.2) is 13.1 Å². The molecular weight excluding hydrogens is 276 g/mol. The van der Waals surface area contributed by atoms with E-state index in [-0.39, 0.29) is 0 Å². The van der Waals surface area contributed by atoms with E-state index in [2.05, 4.69) is 6.92 Å². The van der Waals surface area contributed by atoms with Crippen LogP contribution >= 0.6 is 0 Å². The molecule has 0 aliphatic rings. The molecule has 0 unspecified atom stereocenters. The number of benzene rings is 1. The van der Waals surface area contributed by atoms with E-state index in [1.54, 1.807) is 12.1 Å². The highest BCUT2D eigenvalue weighted by Crippen LogP contribution is 2.17. The monoisotopic (exact) mass is 306 g/mol. The third-order valence-electron chi connectivity index (χ3n) is 3.77. The van der Waals surface area contributed by atoms with E-state index in [1.807, 2.05) is 12.1 Å².